The van der Waals surface area contributed by atoms with Crippen molar-refractivity contribution >= 4 is 11.6 Å². The number of hydrogen-bond acceptors (Lipinski definition) is 3. The fourth-order valence-corrected chi connectivity index (χ4v) is 1.61. The predicted octanol–water partition coefficient (Wildman–Crippen LogP) is 1.56. The average Bonchev–Trinajstić information content (AvgIpc) is 2.23. The maximum atomic E-state index is 11.4. The predicted molar refractivity (Wildman–Crippen MR) is 62.5 cm³/mol. The average molecular weight is 220 g/mol. The molecule has 1 aliphatic carbocycles. The number of hydrogen-bond donors (Lipinski definition) is 2. The molecule has 0 atom stereocenters. The van der Waals surface area contributed by atoms with Crippen LogP contribution in [0, 0.1) is 0 Å². The second-order valence-electron chi connectivity index (χ2n) is 4.00. The van der Waals surface area contributed by atoms with E-state index in [4.69, 9.17) is 10.5 Å². The number of carbonyl (C=O) groups excluding carboxylic acids is 1. The molecule has 1 fully saturated rings. The van der Waals surface area contributed by atoms with Gasteiger partial charge >= 0.3 is 0 Å². The summed E-state index contributed by atoms with van der Waals surface area (Å²) in [5.41, 5.74) is 6.91. The molecular weight excluding hydrogens is 204 g/mol. The number of amides is 1. The number of nitrogens with one attached hydrogen (secondary N) is 1. The van der Waals surface area contributed by atoms with E-state index < -0.39 is 0 Å². The molecule has 1 saturated carbocycles. The monoisotopic (exact) mass is 220 g/mol. The largest absolute Gasteiger partial charge is 0.488 e. The Kier molecular flexibility index (Phi) is 2.99. The topological polar surface area (TPSA) is 64.3 Å². The standard InChI is InChI=1S/C12H16N2O2/c1-14-12(15)8-5-6-11(10(13)7-8)16-9-3-2-4-9/h5-7,9H,2-4,13H2,1H3,(H,14,15). The summed E-state index contributed by atoms with van der Waals surface area (Å²) in [7, 11) is 1.59. The van der Waals surface area contributed by atoms with Crippen molar-refractivity contribution in [1.82, 2.24) is 5.32 Å². The van der Waals surface area contributed by atoms with Gasteiger partial charge in [0, 0.05) is 12.6 Å². The van der Waals surface area contributed by atoms with Crippen LogP contribution in [0.3, 0.4) is 0 Å². The molecule has 0 unspecified atom stereocenters. The zero-order valence-electron chi connectivity index (χ0n) is 9.32. The molecule has 86 valence electrons. The van der Waals surface area contributed by atoms with E-state index in [1.165, 1.54) is 6.42 Å². The van der Waals surface area contributed by atoms with Gasteiger partial charge in [-0.15, -0.1) is 0 Å². The van der Waals surface area contributed by atoms with Crippen molar-refractivity contribution in [2.45, 2.75) is 25.4 Å². The van der Waals surface area contributed by atoms with Crippen molar-refractivity contribution in [1.29, 1.82) is 0 Å². The molecule has 0 aliphatic heterocycles. The number of benzene rings is 1. The Morgan fingerprint density at radius 1 is 1.50 bits per heavy atom. The summed E-state index contributed by atoms with van der Waals surface area (Å²) in [5, 5.41) is 2.56. The first-order valence-electron chi connectivity index (χ1n) is 5.49. The Balaban J connectivity index is 2.12. The minimum absolute atomic E-state index is 0.137. The van der Waals surface area contributed by atoms with Gasteiger partial charge in [0.05, 0.1) is 11.8 Å². The number of carbonyl (C=O) groups is 1. The van der Waals surface area contributed by atoms with Crippen molar-refractivity contribution in [3.63, 3.8) is 0 Å². The summed E-state index contributed by atoms with van der Waals surface area (Å²) in [5.74, 6) is 0.541. The summed E-state index contributed by atoms with van der Waals surface area (Å²) >= 11 is 0. The van der Waals surface area contributed by atoms with E-state index in [1.807, 2.05) is 0 Å². The molecule has 0 bridgehead atoms. The summed E-state index contributed by atoms with van der Waals surface area (Å²) in [4.78, 5) is 11.4. The van der Waals surface area contributed by atoms with Crippen LogP contribution >= 0.6 is 0 Å². The fraction of sp³-hybridized carbons (Fsp3) is 0.417. The molecular formula is C12H16N2O2. The highest BCUT2D eigenvalue weighted by atomic mass is 16.5. The molecule has 3 N–H and O–H groups in total. The van der Waals surface area contributed by atoms with Crippen LogP contribution in [-0.4, -0.2) is 19.1 Å². The lowest BCUT2D eigenvalue weighted by Crippen LogP contribution is -2.25. The lowest BCUT2D eigenvalue weighted by molar-refractivity contribution is 0.0963. The van der Waals surface area contributed by atoms with E-state index in [1.54, 1.807) is 25.2 Å². The normalized spacial score (nSPS) is 15.3. The van der Waals surface area contributed by atoms with Gasteiger partial charge in [-0.25, -0.2) is 0 Å². The van der Waals surface area contributed by atoms with Crippen molar-refractivity contribution in [3.05, 3.63) is 23.8 Å². The summed E-state index contributed by atoms with van der Waals surface area (Å²) in [6.45, 7) is 0. The van der Waals surface area contributed by atoms with E-state index in [2.05, 4.69) is 5.32 Å². The minimum atomic E-state index is -0.137. The Labute approximate surface area is 94.8 Å². The highest BCUT2D eigenvalue weighted by Crippen LogP contribution is 2.29. The Morgan fingerprint density at radius 2 is 2.25 bits per heavy atom. The lowest BCUT2D eigenvalue weighted by Gasteiger charge is -2.27. The third-order valence-electron chi connectivity index (χ3n) is 2.84. The molecule has 0 radical (unpaired) electrons. The Morgan fingerprint density at radius 3 is 2.75 bits per heavy atom. The highest BCUT2D eigenvalue weighted by Gasteiger charge is 2.20. The smallest absolute Gasteiger partial charge is 0.251 e. The van der Waals surface area contributed by atoms with Crippen LogP contribution in [0.2, 0.25) is 0 Å². The number of anilines is 1. The molecule has 0 heterocycles. The first-order valence-corrected chi connectivity index (χ1v) is 5.49. The summed E-state index contributed by atoms with van der Waals surface area (Å²) < 4.78 is 5.69. The first kappa shape index (κ1) is 10.8. The lowest BCUT2D eigenvalue weighted by atomic mass is 9.96. The van der Waals surface area contributed by atoms with E-state index in [-0.39, 0.29) is 5.91 Å². The van der Waals surface area contributed by atoms with E-state index >= 15 is 0 Å². The third-order valence-corrected chi connectivity index (χ3v) is 2.84. The summed E-state index contributed by atoms with van der Waals surface area (Å²) in [6, 6.07) is 5.13. The van der Waals surface area contributed by atoms with Crippen LogP contribution < -0.4 is 15.8 Å². The van der Waals surface area contributed by atoms with E-state index in [9.17, 15) is 4.79 Å². The van der Waals surface area contributed by atoms with Crippen molar-refractivity contribution in [2.75, 3.05) is 12.8 Å². The SMILES string of the molecule is CNC(=O)c1ccc(OC2CCC2)c(N)c1. The minimum Gasteiger partial charge on any atom is -0.488 e. The van der Waals surface area contributed by atoms with Crippen molar-refractivity contribution in [3.8, 4) is 5.75 Å². The fourth-order valence-electron chi connectivity index (χ4n) is 1.61. The van der Waals surface area contributed by atoms with Crippen molar-refractivity contribution < 1.29 is 9.53 Å². The number of ether oxygens (including phenoxy) is 1. The molecule has 0 aromatic heterocycles. The molecule has 4 nitrogen and oxygen atoms in total. The Hall–Kier alpha value is -1.71. The van der Waals surface area contributed by atoms with Gasteiger partial charge in [0.1, 0.15) is 5.75 Å². The zero-order valence-corrected chi connectivity index (χ0v) is 9.32. The Bertz CT molecular complexity index is 400. The molecule has 1 aromatic carbocycles. The van der Waals surface area contributed by atoms with Crippen LogP contribution in [0.4, 0.5) is 5.69 Å². The molecule has 1 aliphatic rings. The van der Waals surface area contributed by atoms with Gasteiger partial charge in [-0.3, -0.25) is 4.79 Å². The highest BCUT2D eigenvalue weighted by molar-refractivity contribution is 5.95. The molecule has 0 spiro atoms. The van der Waals surface area contributed by atoms with E-state index in [0.717, 1.165) is 12.8 Å². The second kappa shape index (κ2) is 4.43. The molecule has 1 aromatic rings. The van der Waals surface area contributed by atoms with Crippen LogP contribution in [-0.2, 0) is 0 Å². The van der Waals surface area contributed by atoms with Gasteiger partial charge in [0.2, 0.25) is 0 Å². The molecule has 16 heavy (non-hydrogen) atoms. The maximum Gasteiger partial charge on any atom is 0.251 e. The van der Waals surface area contributed by atoms with Crippen LogP contribution in [0.15, 0.2) is 18.2 Å². The van der Waals surface area contributed by atoms with Crippen LogP contribution in [0.5, 0.6) is 5.75 Å². The van der Waals surface area contributed by atoms with Gasteiger partial charge in [0.25, 0.3) is 5.91 Å². The zero-order chi connectivity index (χ0) is 11.5. The second-order valence-corrected chi connectivity index (χ2v) is 4.00. The van der Waals surface area contributed by atoms with Crippen LogP contribution in [0.25, 0.3) is 0 Å². The van der Waals surface area contributed by atoms with Gasteiger partial charge in [-0.1, -0.05) is 0 Å². The van der Waals surface area contributed by atoms with Crippen molar-refractivity contribution in [2.24, 2.45) is 0 Å². The quantitative estimate of drug-likeness (QED) is 0.760. The van der Waals surface area contributed by atoms with E-state index in [0.29, 0.717) is 23.1 Å². The van der Waals surface area contributed by atoms with Gasteiger partial charge in [-0.05, 0) is 37.5 Å². The van der Waals surface area contributed by atoms with Gasteiger partial charge in [0.15, 0.2) is 0 Å². The van der Waals surface area contributed by atoms with Gasteiger partial charge < -0.3 is 15.8 Å². The first-order chi connectivity index (χ1) is 7.70. The number of rotatable bonds is 3. The molecule has 2 rings (SSSR count). The third kappa shape index (κ3) is 2.10. The summed E-state index contributed by atoms with van der Waals surface area (Å²) in [6.07, 6.45) is 3.71. The van der Waals surface area contributed by atoms with Gasteiger partial charge in [-0.2, -0.15) is 0 Å². The number of nitrogens with two attached hydrogens (primary N) is 1. The molecule has 4 heteroatoms. The maximum absolute atomic E-state index is 11.4. The molecule has 0 saturated heterocycles. The molecule has 1 amide bonds. The van der Waals surface area contributed by atoms with Crippen LogP contribution in [0.1, 0.15) is 29.6 Å². The number of nitrogen functional groups attached to an aromatic ring is 1.